The fourth-order valence-electron chi connectivity index (χ4n) is 8.14. The Balaban J connectivity index is 1.22. The van der Waals surface area contributed by atoms with Crippen LogP contribution in [0.5, 0.6) is 0 Å². The average molecular weight is 715 g/mol. The summed E-state index contributed by atoms with van der Waals surface area (Å²) in [7, 11) is 0. The molecule has 0 aliphatic heterocycles. The highest BCUT2D eigenvalue weighted by Crippen LogP contribution is 2.44. The first-order valence-corrected chi connectivity index (χ1v) is 19.2. The maximum atomic E-state index is 2.46. The fraction of sp³-hybridized carbons (Fsp3) is 0. The number of fused-ring (bicyclic) bond motifs is 3. The molecule has 56 heavy (non-hydrogen) atoms. The maximum Gasteiger partial charge on any atom is 0.0562 e. The number of anilines is 3. The molecule has 0 saturated carbocycles. The summed E-state index contributed by atoms with van der Waals surface area (Å²) in [5.41, 5.74) is 16.2. The van der Waals surface area contributed by atoms with Crippen LogP contribution in [0.25, 0.3) is 72.0 Å². The Kier molecular flexibility index (Phi) is 8.55. The molecule has 0 unspecified atom stereocenters. The Morgan fingerprint density at radius 3 is 1.45 bits per heavy atom. The van der Waals surface area contributed by atoms with Crippen molar-refractivity contribution in [2.24, 2.45) is 0 Å². The van der Waals surface area contributed by atoms with Crippen molar-refractivity contribution >= 4 is 38.9 Å². The number of benzene rings is 9. The van der Waals surface area contributed by atoms with Crippen molar-refractivity contribution in [2.45, 2.75) is 0 Å². The lowest BCUT2D eigenvalue weighted by atomic mass is 9.97. The minimum absolute atomic E-state index is 1.08. The van der Waals surface area contributed by atoms with Gasteiger partial charge in [0, 0.05) is 33.3 Å². The van der Waals surface area contributed by atoms with Crippen LogP contribution in [0.4, 0.5) is 17.1 Å². The van der Waals surface area contributed by atoms with Gasteiger partial charge in [-0.3, -0.25) is 0 Å². The van der Waals surface area contributed by atoms with Gasteiger partial charge in [0.2, 0.25) is 0 Å². The van der Waals surface area contributed by atoms with Gasteiger partial charge in [-0.25, -0.2) is 0 Å². The van der Waals surface area contributed by atoms with Crippen LogP contribution in [0.2, 0.25) is 0 Å². The molecule has 0 bridgehead atoms. The van der Waals surface area contributed by atoms with Gasteiger partial charge >= 0.3 is 0 Å². The number of nitrogens with zero attached hydrogens (tertiary/aromatic N) is 2. The molecule has 0 fully saturated rings. The highest BCUT2D eigenvalue weighted by atomic mass is 15.1. The molecule has 9 aromatic carbocycles. The normalized spacial score (nSPS) is 11.2. The second-order valence-corrected chi connectivity index (χ2v) is 14.1. The van der Waals surface area contributed by atoms with E-state index in [9.17, 15) is 0 Å². The highest BCUT2D eigenvalue weighted by Gasteiger charge is 2.21. The van der Waals surface area contributed by atoms with Gasteiger partial charge in [-0.15, -0.1) is 0 Å². The number of aromatic nitrogens is 1. The molecule has 0 aliphatic rings. The fourth-order valence-corrected chi connectivity index (χ4v) is 8.14. The molecule has 10 aromatic rings. The molecular formula is C54H38N2. The van der Waals surface area contributed by atoms with Crippen molar-refractivity contribution in [1.82, 2.24) is 4.57 Å². The molecular weight excluding hydrogens is 677 g/mol. The van der Waals surface area contributed by atoms with Crippen LogP contribution < -0.4 is 4.90 Å². The van der Waals surface area contributed by atoms with Gasteiger partial charge in [0.15, 0.2) is 0 Å². The molecule has 0 aliphatic carbocycles. The lowest BCUT2D eigenvalue weighted by molar-refractivity contribution is 1.18. The molecule has 1 heterocycles. The van der Waals surface area contributed by atoms with E-state index in [1.807, 2.05) is 0 Å². The van der Waals surface area contributed by atoms with Crippen molar-refractivity contribution in [3.05, 3.63) is 231 Å². The third-order valence-electron chi connectivity index (χ3n) is 10.8. The monoisotopic (exact) mass is 714 g/mol. The van der Waals surface area contributed by atoms with Gasteiger partial charge in [0.25, 0.3) is 0 Å². The first-order valence-electron chi connectivity index (χ1n) is 19.2. The van der Waals surface area contributed by atoms with E-state index in [1.54, 1.807) is 0 Å². The van der Waals surface area contributed by atoms with Crippen molar-refractivity contribution < 1.29 is 0 Å². The van der Waals surface area contributed by atoms with Crippen molar-refractivity contribution in [3.8, 4) is 50.2 Å². The zero-order chi connectivity index (χ0) is 37.3. The standard InChI is InChI=1S/C54H38N2/c1-5-17-39(18-6-1)41-29-32-45(33-30-41)55(51-27-15-13-25-47(51)42-21-9-3-10-22-42)46-34-35-49-48-26-14-16-28-52(48)56(54(49)38-46)53-36-31-44(40-19-7-2-8-20-40)37-50(53)43-23-11-4-12-24-43/h1-38H. The average Bonchev–Trinajstić information content (AvgIpc) is 3.61. The van der Waals surface area contributed by atoms with E-state index >= 15 is 0 Å². The van der Waals surface area contributed by atoms with E-state index < -0.39 is 0 Å². The summed E-state index contributed by atoms with van der Waals surface area (Å²) in [6.45, 7) is 0. The van der Waals surface area contributed by atoms with E-state index in [-0.39, 0.29) is 0 Å². The van der Waals surface area contributed by atoms with Crippen LogP contribution in [0, 0.1) is 0 Å². The summed E-state index contributed by atoms with van der Waals surface area (Å²) < 4.78 is 2.46. The van der Waals surface area contributed by atoms with Crippen molar-refractivity contribution in [2.75, 3.05) is 4.90 Å². The van der Waals surface area contributed by atoms with Gasteiger partial charge in [0.1, 0.15) is 0 Å². The minimum atomic E-state index is 1.08. The largest absolute Gasteiger partial charge is 0.310 e. The summed E-state index contributed by atoms with van der Waals surface area (Å²) in [6.07, 6.45) is 0. The minimum Gasteiger partial charge on any atom is -0.310 e. The van der Waals surface area contributed by atoms with Crippen LogP contribution in [-0.4, -0.2) is 4.57 Å². The molecule has 10 rings (SSSR count). The van der Waals surface area contributed by atoms with E-state index in [0.29, 0.717) is 0 Å². The SMILES string of the molecule is c1ccc(-c2ccc(N(c3ccc4c5ccccc5n(-c5ccc(-c6ccccc6)cc5-c5ccccc5)c4c3)c3ccccc3-c3ccccc3)cc2)cc1. The van der Waals surface area contributed by atoms with Crippen LogP contribution in [-0.2, 0) is 0 Å². The molecule has 0 amide bonds. The lowest BCUT2D eigenvalue weighted by Gasteiger charge is -2.28. The van der Waals surface area contributed by atoms with E-state index in [0.717, 1.165) is 28.3 Å². The summed E-state index contributed by atoms with van der Waals surface area (Å²) in [4.78, 5) is 2.41. The number of hydrogen-bond acceptors (Lipinski definition) is 1. The van der Waals surface area contributed by atoms with Crippen LogP contribution in [0.15, 0.2) is 231 Å². The highest BCUT2D eigenvalue weighted by molar-refractivity contribution is 6.11. The van der Waals surface area contributed by atoms with E-state index in [2.05, 4.69) is 240 Å². The first kappa shape index (κ1) is 33.2. The Labute approximate surface area is 327 Å². The van der Waals surface area contributed by atoms with Gasteiger partial charge in [-0.05, 0) is 81.9 Å². The van der Waals surface area contributed by atoms with Gasteiger partial charge in [-0.2, -0.15) is 0 Å². The zero-order valence-corrected chi connectivity index (χ0v) is 30.8. The molecule has 264 valence electrons. The molecule has 2 nitrogen and oxygen atoms in total. The van der Waals surface area contributed by atoms with Gasteiger partial charge in [0.05, 0.1) is 22.4 Å². The topological polar surface area (TPSA) is 8.17 Å². The molecule has 1 aromatic heterocycles. The summed E-state index contributed by atoms with van der Waals surface area (Å²) >= 11 is 0. The number of para-hydroxylation sites is 2. The number of rotatable bonds is 8. The quantitative estimate of drug-likeness (QED) is 0.152. The Morgan fingerprint density at radius 1 is 0.286 bits per heavy atom. The van der Waals surface area contributed by atoms with E-state index in [4.69, 9.17) is 0 Å². The van der Waals surface area contributed by atoms with E-state index in [1.165, 1.54) is 60.8 Å². The molecule has 0 atom stereocenters. The third-order valence-corrected chi connectivity index (χ3v) is 10.8. The smallest absolute Gasteiger partial charge is 0.0562 e. The summed E-state index contributed by atoms with van der Waals surface area (Å²) in [5.74, 6) is 0. The Morgan fingerprint density at radius 2 is 0.768 bits per heavy atom. The molecule has 0 N–H and O–H groups in total. The first-order chi connectivity index (χ1) is 27.8. The second kappa shape index (κ2) is 14.4. The zero-order valence-electron chi connectivity index (χ0n) is 30.8. The van der Waals surface area contributed by atoms with Gasteiger partial charge in [-0.1, -0.05) is 182 Å². The molecule has 0 saturated heterocycles. The third kappa shape index (κ3) is 6.04. The number of hydrogen-bond donors (Lipinski definition) is 0. The molecule has 2 heteroatoms. The van der Waals surface area contributed by atoms with Crippen molar-refractivity contribution in [3.63, 3.8) is 0 Å². The maximum absolute atomic E-state index is 2.46. The van der Waals surface area contributed by atoms with Crippen LogP contribution in [0.1, 0.15) is 0 Å². The van der Waals surface area contributed by atoms with Gasteiger partial charge < -0.3 is 9.47 Å². The van der Waals surface area contributed by atoms with Crippen molar-refractivity contribution in [1.29, 1.82) is 0 Å². The predicted molar refractivity (Wildman–Crippen MR) is 237 cm³/mol. The summed E-state index contributed by atoms with van der Waals surface area (Å²) in [6, 6.07) is 83.1. The Hall–Kier alpha value is -7.42. The predicted octanol–water partition coefficient (Wildman–Crippen LogP) is 14.9. The molecule has 0 radical (unpaired) electrons. The Bertz CT molecular complexity index is 2930. The van der Waals surface area contributed by atoms with Crippen LogP contribution in [0.3, 0.4) is 0 Å². The molecule has 0 spiro atoms. The lowest BCUT2D eigenvalue weighted by Crippen LogP contribution is -2.11. The second-order valence-electron chi connectivity index (χ2n) is 14.1. The summed E-state index contributed by atoms with van der Waals surface area (Å²) in [5, 5.41) is 2.44. The van der Waals surface area contributed by atoms with Crippen LogP contribution >= 0.6 is 0 Å².